The highest BCUT2D eigenvalue weighted by Gasteiger charge is 2.33. The number of nitrogens with zero attached hydrogens (tertiary/aromatic N) is 1. The van der Waals surface area contributed by atoms with Gasteiger partial charge in [-0.05, 0) is 25.0 Å². The van der Waals surface area contributed by atoms with Gasteiger partial charge < -0.3 is 4.90 Å². The normalized spacial score (nSPS) is 14.8. The minimum absolute atomic E-state index is 0.129. The number of halogens is 3. The van der Waals surface area contributed by atoms with Gasteiger partial charge in [0.2, 0.25) is 0 Å². The van der Waals surface area contributed by atoms with Gasteiger partial charge in [0.1, 0.15) is 0 Å². The number of benzene rings is 1. The predicted octanol–water partition coefficient (Wildman–Crippen LogP) is 2.81. The van der Waals surface area contributed by atoms with Gasteiger partial charge in [0.15, 0.2) is 11.6 Å². The van der Waals surface area contributed by atoms with Gasteiger partial charge in [0.25, 0.3) is 5.91 Å². The average Bonchev–Trinajstić information content (AvgIpc) is 3.13. The summed E-state index contributed by atoms with van der Waals surface area (Å²) in [5.41, 5.74) is -0.220. The topological polar surface area (TPSA) is 20.3 Å². The Hall–Kier alpha value is -1.16. The van der Waals surface area contributed by atoms with Crippen LogP contribution in [0.1, 0.15) is 23.2 Å². The van der Waals surface area contributed by atoms with Gasteiger partial charge in [0, 0.05) is 18.5 Å². The summed E-state index contributed by atoms with van der Waals surface area (Å²) in [4.78, 5) is 13.6. The summed E-state index contributed by atoms with van der Waals surface area (Å²) in [5, 5.41) is 0. The third-order valence-corrected chi connectivity index (χ3v) is 2.92. The fourth-order valence-corrected chi connectivity index (χ4v) is 1.93. The van der Waals surface area contributed by atoms with Crippen LogP contribution in [0.4, 0.5) is 8.78 Å². The van der Waals surface area contributed by atoms with E-state index in [4.69, 9.17) is 11.6 Å². The van der Waals surface area contributed by atoms with Crippen LogP contribution in [0.2, 0.25) is 0 Å². The van der Waals surface area contributed by atoms with Crippen LogP contribution in [0.5, 0.6) is 0 Å². The Morgan fingerprint density at radius 2 is 2.12 bits per heavy atom. The van der Waals surface area contributed by atoms with E-state index in [-0.39, 0.29) is 11.6 Å². The number of rotatable bonds is 4. The van der Waals surface area contributed by atoms with Crippen molar-refractivity contribution in [2.24, 2.45) is 0 Å². The molecule has 0 spiro atoms. The molecular weight excluding hydrogens is 248 g/mol. The van der Waals surface area contributed by atoms with E-state index in [2.05, 4.69) is 0 Å². The van der Waals surface area contributed by atoms with Crippen molar-refractivity contribution in [1.29, 1.82) is 0 Å². The molecule has 1 aliphatic rings. The Morgan fingerprint density at radius 3 is 2.71 bits per heavy atom. The smallest absolute Gasteiger partial charge is 0.257 e. The molecule has 2 nitrogen and oxygen atoms in total. The summed E-state index contributed by atoms with van der Waals surface area (Å²) >= 11 is 5.61. The molecule has 1 amide bonds. The molecule has 0 aromatic heterocycles. The number of hydrogen-bond donors (Lipinski definition) is 0. The Kier molecular flexibility index (Phi) is 3.62. The number of alkyl halides is 1. The molecule has 0 bridgehead atoms. The minimum Gasteiger partial charge on any atom is -0.334 e. The van der Waals surface area contributed by atoms with Crippen molar-refractivity contribution < 1.29 is 13.6 Å². The van der Waals surface area contributed by atoms with E-state index in [1.807, 2.05) is 0 Å². The molecule has 1 aromatic carbocycles. The second-order valence-electron chi connectivity index (χ2n) is 4.02. The summed E-state index contributed by atoms with van der Waals surface area (Å²) in [6.07, 6.45) is 1.80. The van der Waals surface area contributed by atoms with E-state index in [0.29, 0.717) is 12.4 Å². The Bertz CT molecular complexity index is 435. The summed E-state index contributed by atoms with van der Waals surface area (Å²) in [6, 6.07) is 3.75. The Morgan fingerprint density at radius 1 is 1.41 bits per heavy atom. The van der Waals surface area contributed by atoms with Crippen LogP contribution < -0.4 is 0 Å². The monoisotopic (exact) mass is 259 g/mol. The minimum atomic E-state index is -1.09. The van der Waals surface area contributed by atoms with Gasteiger partial charge >= 0.3 is 0 Å². The van der Waals surface area contributed by atoms with Crippen LogP contribution in [-0.2, 0) is 0 Å². The van der Waals surface area contributed by atoms with E-state index in [1.165, 1.54) is 17.0 Å². The highest BCUT2D eigenvalue weighted by molar-refractivity contribution is 6.18. The largest absolute Gasteiger partial charge is 0.334 e. The molecule has 0 N–H and O–H groups in total. The molecule has 1 aliphatic carbocycles. The first-order valence-corrected chi connectivity index (χ1v) is 5.99. The molecule has 1 aromatic rings. The Labute approximate surface area is 103 Å². The molecule has 0 radical (unpaired) electrons. The van der Waals surface area contributed by atoms with Crippen molar-refractivity contribution in [3.05, 3.63) is 35.4 Å². The van der Waals surface area contributed by atoms with Gasteiger partial charge in [-0.25, -0.2) is 8.78 Å². The number of carbonyl (C=O) groups is 1. The maximum absolute atomic E-state index is 13.5. The zero-order valence-electron chi connectivity index (χ0n) is 9.13. The van der Waals surface area contributed by atoms with E-state index in [0.717, 1.165) is 18.9 Å². The fraction of sp³-hybridized carbons (Fsp3) is 0.417. The van der Waals surface area contributed by atoms with Crippen molar-refractivity contribution in [1.82, 2.24) is 4.90 Å². The summed E-state index contributed by atoms with van der Waals surface area (Å²) in [6.45, 7) is 0.362. The van der Waals surface area contributed by atoms with Crippen LogP contribution in [-0.4, -0.2) is 29.3 Å². The fourth-order valence-electron chi connectivity index (χ4n) is 1.75. The van der Waals surface area contributed by atoms with Crippen molar-refractivity contribution in [2.45, 2.75) is 18.9 Å². The van der Waals surface area contributed by atoms with E-state index in [1.54, 1.807) is 0 Å². The average molecular weight is 260 g/mol. The molecule has 0 unspecified atom stereocenters. The zero-order chi connectivity index (χ0) is 12.4. The lowest BCUT2D eigenvalue weighted by Gasteiger charge is -2.21. The van der Waals surface area contributed by atoms with Crippen molar-refractivity contribution >= 4 is 17.5 Å². The molecule has 0 heterocycles. The molecule has 17 heavy (non-hydrogen) atoms. The van der Waals surface area contributed by atoms with Crippen molar-refractivity contribution in [3.63, 3.8) is 0 Å². The molecule has 0 saturated heterocycles. The van der Waals surface area contributed by atoms with Crippen LogP contribution in [0, 0.1) is 11.6 Å². The molecule has 1 fully saturated rings. The Balaban J connectivity index is 2.25. The number of amides is 1. The summed E-state index contributed by atoms with van der Waals surface area (Å²) in [5.74, 6) is -2.28. The lowest BCUT2D eigenvalue weighted by Crippen LogP contribution is -2.35. The predicted molar refractivity (Wildman–Crippen MR) is 61.1 cm³/mol. The molecule has 5 heteroatoms. The summed E-state index contributed by atoms with van der Waals surface area (Å²) < 4.78 is 26.5. The van der Waals surface area contributed by atoms with Gasteiger partial charge in [-0.15, -0.1) is 11.6 Å². The molecule has 92 valence electrons. The summed E-state index contributed by atoms with van der Waals surface area (Å²) in [7, 11) is 0. The first kappa shape index (κ1) is 12.3. The lowest BCUT2D eigenvalue weighted by atomic mass is 10.1. The molecule has 1 saturated carbocycles. The molecule has 0 atom stereocenters. The van der Waals surface area contributed by atoms with Crippen molar-refractivity contribution in [2.75, 3.05) is 12.4 Å². The first-order chi connectivity index (χ1) is 8.15. The van der Waals surface area contributed by atoms with Gasteiger partial charge in [0.05, 0.1) is 5.56 Å². The van der Waals surface area contributed by atoms with Crippen LogP contribution >= 0.6 is 11.6 Å². The maximum Gasteiger partial charge on any atom is 0.257 e. The quantitative estimate of drug-likeness (QED) is 0.762. The molecule has 0 aliphatic heterocycles. The van der Waals surface area contributed by atoms with E-state index < -0.39 is 17.5 Å². The SMILES string of the molecule is O=C(c1cccc(F)c1F)N(CCCl)C1CC1. The first-order valence-electron chi connectivity index (χ1n) is 5.46. The third-order valence-electron chi connectivity index (χ3n) is 2.76. The van der Waals surface area contributed by atoms with E-state index >= 15 is 0 Å². The van der Waals surface area contributed by atoms with Gasteiger partial charge in [-0.1, -0.05) is 6.07 Å². The van der Waals surface area contributed by atoms with Gasteiger partial charge in [-0.2, -0.15) is 0 Å². The second kappa shape index (κ2) is 5.00. The second-order valence-corrected chi connectivity index (χ2v) is 4.40. The maximum atomic E-state index is 13.5. The highest BCUT2D eigenvalue weighted by Crippen LogP contribution is 2.28. The zero-order valence-corrected chi connectivity index (χ0v) is 9.88. The molecular formula is C12H12ClF2NO. The highest BCUT2D eigenvalue weighted by atomic mass is 35.5. The lowest BCUT2D eigenvalue weighted by molar-refractivity contribution is 0.0748. The standard InChI is InChI=1S/C12H12ClF2NO/c13-6-7-16(8-4-5-8)12(17)9-2-1-3-10(14)11(9)15/h1-3,8H,4-7H2. The number of carbonyl (C=O) groups excluding carboxylic acids is 1. The van der Waals surface area contributed by atoms with Gasteiger partial charge in [-0.3, -0.25) is 4.79 Å². The third kappa shape index (κ3) is 2.57. The van der Waals surface area contributed by atoms with Crippen LogP contribution in [0.3, 0.4) is 0 Å². The van der Waals surface area contributed by atoms with E-state index in [9.17, 15) is 13.6 Å². The van der Waals surface area contributed by atoms with Crippen LogP contribution in [0.15, 0.2) is 18.2 Å². The number of hydrogen-bond acceptors (Lipinski definition) is 1. The molecule has 2 rings (SSSR count). The van der Waals surface area contributed by atoms with Crippen molar-refractivity contribution in [3.8, 4) is 0 Å². The van der Waals surface area contributed by atoms with Crippen LogP contribution in [0.25, 0.3) is 0 Å².